The Bertz CT molecular complexity index is 532. The smallest absolute Gasteiger partial charge is 0.347 e. The SMILES string of the molecule is O=C1C=C(c2ccccc2[N+](=O)[O-])C(=O)O1. The van der Waals surface area contributed by atoms with Gasteiger partial charge < -0.3 is 4.74 Å². The summed E-state index contributed by atoms with van der Waals surface area (Å²) >= 11 is 0. The monoisotopic (exact) mass is 219 g/mol. The first-order chi connectivity index (χ1) is 7.59. The van der Waals surface area contributed by atoms with Crippen molar-refractivity contribution >= 4 is 23.2 Å². The highest BCUT2D eigenvalue weighted by atomic mass is 16.6. The van der Waals surface area contributed by atoms with Crippen molar-refractivity contribution in [3.63, 3.8) is 0 Å². The Labute approximate surface area is 89.3 Å². The molecule has 0 saturated heterocycles. The molecule has 0 aromatic heterocycles. The number of para-hydroxylation sites is 1. The van der Waals surface area contributed by atoms with Gasteiger partial charge in [-0.25, -0.2) is 9.59 Å². The number of benzene rings is 1. The van der Waals surface area contributed by atoms with E-state index in [0.29, 0.717) is 0 Å². The van der Waals surface area contributed by atoms with Crippen molar-refractivity contribution < 1.29 is 19.2 Å². The van der Waals surface area contributed by atoms with Crippen LogP contribution in [0.25, 0.3) is 5.57 Å². The van der Waals surface area contributed by atoms with Crippen molar-refractivity contribution in [2.75, 3.05) is 0 Å². The molecule has 1 aromatic rings. The normalized spacial score (nSPS) is 14.6. The molecular weight excluding hydrogens is 214 g/mol. The minimum atomic E-state index is -0.862. The number of nitro benzene ring substituents is 1. The van der Waals surface area contributed by atoms with Gasteiger partial charge in [0.1, 0.15) is 0 Å². The van der Waals surface area contributed by atoms with Gasteiger partial charge in [0.2, 0.25) is 0 Å². The molecule has 16 heavy (non-hydrogen) atoms. The Balaban J connectivity index is 2.57. The maximum absolute atomic E-state index is 11.2. The molecule has 0 unspecified atom stereocenters. The van der Waals surface area contributed by atoms with Crippen LogP contribution < -0.4 is 0 Å². The number of rotatable bonds is 2. The number of hydrogen-bond donors (Lipinski definition) is 0. The van der Waals surface area contributed by atoms with Gasteiger partial charge in [-0.1, -0.05) is 12.1 Å². The van der Waals surface area contributed by atoms with Crippen LogP contribution in [0.4, 0.5) is 5.69 Å². The number of nitrogens with zero attached hydrogens (tertiary/aromatic N) is 1. The van der Waals surface area contributed by atoms with E-state index in [1.807, 2.05) is 0 Å². The van der Waals surface area contributed by atoms with Crippen molar-refractivity contribution in [1.82, 2.24) is 0 Å². The first kappa shape index (κ1) is 10.0. The molecule has 0 bridgehead atoms. The third-order valence-corrected chi connectivity index (χ3v) is 2.07. The zero-order chi connectivity index (χ0) is 11.7. The number of ether oxygens (including phenoxy) is 1. The quantitative estimate of drug-likeness (QED) is 0.321. The lowest BCUT2D eigenvalue weighted by atomic mass is 10.0. The zero-order valence-electron chi connectivity index (χ0n) is 7.88. The van der Waals surface area contributed by atoms with Crippen molar-refractivity contribution in [3.8, 4) is 0 Å². The van der Waals surface area contributed by atoms with Gasteiger partial charge in [0, 0.05) is 12.1 Å². The first-order valence-electron chi connectivity index (χ1n) is 4.31. The van der Waals surface area contributed by atoms with E-state index >= 15 is 0 Å². The van der Waals surface area contributed by atoms with Gasteiger partial charge in [-0.15, -0.1) is 0 Å². The third-order valence-electron chi connectivity index (χ3n) is 2.07. The molecule has 0 saturated carbocycles. The molecule has 6 nitrogen and oxygen atoms in total. The van der Waals surface area contributed by atoms with E-state index in [9.17, 15) is 19.7 Å². The van der Waals surface area contributed by atoms with E-state index < -0.39 is 16.9 Å². The van der Waals surface area contributed by atoms with Crippen LogP contribution >= 0.6 is 0 Å². The van der Waals surface area contributed by atoms with Crippen LogP contribution in [0.5, 0.6) is 0 Å². The standard InChI is InChI=1S/C10H5NO5/c12-9-5-7(10(13)16-9)6-3-1-2-4-8(6)11(14)15/h1-5H. The van der Waals surface area contributed by atoms with Crippen molar-refractivity contribution in [1.29, 1.82) is 0 Å². The van der Waals surface area contributed by atoms with Crippen LogP contribution in [0.2, 0.25) is 0 Å². The molecule has 80 valence electrons. The maximum atomic E-state index is 11.2. The largest absolute Gasteiger partial charge is 0.386 e. The van der Waals surface area contributed by atoms with E-state index in [1.165, 1.54) is 18.2 Å². The molecule has 1 aliphatic heterocycles. The molecule has 1 aliphatic rings. The molecule has 6 heteroatoms. The Morgan fingerprint density at radius 1 is 1.19 bits per heavy atom. The first-order valence-corrected chi connectivity index (χ1v) is 4.31. The molecule has 0 fully saturated rings. The Kier molecular flexibility index (Phi) is 2.24. The van der Waals surface area contributed by atoms with Gasteiger partial charge in [-0.05, 0) is 6.07 Å². The average molecular weight is 219 g/mol. The molecule has 0 spiro atoms. The minimum absolute atomic E-state index is 0.0858. The van der Waals surface area contributed by atoms with Crippen molar-refractivity contribution in [2.24, 2.45) is 0 Å². The predicted octanol–water partition coefficient (Wildman–Crippen LogP) is 1.06. The van der Waals surface area contributed by atoms with Gasteiger partial charge in [-0.2, -0.15) is 0 Å². The average Bonchev–Trinajstić information content (AvgIpc) is 2.57. The highest BCUT2D eigenvalue weighted by Crippen LogP contribution is 2.28. The van der Waals surface area contributed by atoms with E-state index in [0.717, 1.165) is 6.08 Å². The predicted molar refractivity (Wildman–Crippen MR) is 52.2 cm³/mol. The van der Waals surface area contributed by atoms with Gasteiger partial charge in [0.15, 0.2) is 0 Å². The lowest BCUT2D eigenvalue weighted by molar-refractivity contribution is -0.385. The highest BCUT2D eigenvalue weighted by molar-refractivity contribution is 6.29. The number of carbonyl (C=O) groups is 2. The van der Waals surface area contributed by atoms with Crippen LogP contribution in [0.3, 0.4) is 0 Å². The molecule has 0 aliphatic carbocycles. The second kappa shape index (κ2) is 3.58. The van der Waals surface area contributed by atoms with E-state index in [4.69, 9.17) is 0 Å². The van der Waals surface area contributed by atoms with Crippen LogP contribution in [0.15, 0.2) is 30.3 Å². The van der Waals surface area contributed by atoms with Gasteiger partial charge in [0.25, 0.3) is 5.69 Å². The Morgan fingerprint density at radius 3 is 2.44 bits per heavy atom. The summed E-state index contributed by atoms with van der Waals surface area (Å²) in [4.78, 5) is 32.1. The fourth-order valence-electron chi connectivity index (χ4n) is 1.40. The van der Waals surface area contributed by atoms with E-state index in [1.54, 1.807) is 6.07 Å². The van der Waals surface area contributed by atoms with Crippen LogP contribution in [0.1, 0.15) is 5.56 Å². The summed E-state index contributed by atoms with van der Waals surface area (Å²) < 4.78 is 4.27. The number of carbonyl (C=O) groups excluding carboxylic acids is 2. The fraction of sp³-hybridized carbons (Fsp3) is 0. The fourth-order valence-corrected chi connectivity index (χ4v) is 1.40. The summed E-state index contributed by atoms with van der Waals surface area (Å²) in [5.74, 6) is -1.67. The maximum Gasteiger partial charge on any atom is 0.347 e. The summed E-state index contributed by atoms with van der Waals surface area (Å²) in [5.41, 5.74) is -0.235. The summed E-state index contributed by atoms with van der Waals surface area (Å²) in [5, 5.41) is 10.7. The van der Waals surface area contributed by atoms with Crippen LogP contribution in [-0.2, 0) is 14.3 Å². The minimum Gasteiger partial charge on any atom is -0.386 e. The van der Waals surface area contributed by atoms with E-state index in [-0.39, 0.29) is 16.8 Å². The zero-order valence-corrected chi connectivity index (χ0v) is 7.88. The molecule has 0 N–H and O–H groups in total. The highest BCUT2D eigenvalue weighted by Gasteiger charge is 2.29. The second-order valence-electron chi connectivity index (χ2n) is 3.04. The van der Waals surface area contributed by atoms with Gasteiger partial charge >= 0.3 is 11.9 Å². The number of cyclic esters (lactones) is 2. The third kappa shape index (κ3) is 1.56. The summed E-state index contributed by atoms with van der Waals surface area (Å²) in [7, 11) is 0. The van der Waals surface area contributed by atoms with Gasteiger partial charge in [0.05, 0.1) is 16.1 Å². The molecular formula is C10H5NO5. The van der Waals surface area contributed by atoms with Crippen LogP contribution in [0, 0.1) is 10.1 Å². The van der Waals surface area contributed by atoms with Gasteiger partial charge in [-0.3, -0.25) is 10.1 Å². The number of esters is 2. The Morgan fingerprint density at radius 2 is 1.88 bits per heavy atom. The Hall–Kier alpha value is -2.50. The van der Waals surface area contributed by atoms with E-state index in [2.05, 4.69) is 4.74 Å². The molecule has 0 amide bonds. The summed E-state index contributed by atoms with van der Waals surface area (Å²) in [6, 6.07) is 5.67. The van der Waals surface area contributed by atoms with Crippen LogP contribution in [-0.4, -0.2) is 16.9 Å². The molecule has 1 aromatic carbocycles. The summed E-state index contributed by atoms with van der Waals surface area (Å²) in [6.07, 6.45) is 0.949. The second-order valence-corrected chi connectivity index (χ2v) is 3.04. The van der Waals surface area contributed by atoms with Crippen molar-refractivity contribution in [3.05, 3.63) is 46.0 Å². The molecule has 0 atom stereocenters. The molecule has 0 radical (unpaired) electrons. The lowest BCUT2D eigenvalue weighted by Crippen LogP contribution is -2.03. The number of nitro groups is 1. The lowest BCUT2D eigenvalue weighted by Gasteiger charge is -2.00. The topological polar surface area (TPSA) is 86.5 Å². The summed E-state index contributed by atoms with van der Waals surface area (Å²) in [6.45, 7) is 0. The number of hydrogen-bond acceptors (Lipinski definition) is 5. The van der Waals surface area contributed by atoms with Crippen molar-refractivity contribution in [2.45, 2.75) is 0 Å². The molecule has 2 rings (SSSR count). The molecule has 1 heterocycles.